The standard InChI is InChI=1S/C21H20FN3O/c22-20-12-17(5-8-24-20)19-11-18(13-25-21(19)23)15-3-1-14(2-4-15)16-6-9-26-10-7-16/h1-5,8,11-13,16H,6-7,9-10H2,(H2,23,25). The van der Waals surface area contributed by atoms with Gasteiger partial charge in [-0.3, -0.25) is 0 Å². The summed E-state index contributed by atoms with van der Waals surface area (Å²) in [5.41, 5.74) is 10.7. The minimum atomic E-state index is -0.534. The molecule has 0 bridgehead atoms. The number of nitrogen functional groups attached to an aromatic ring is 1. The molecule has 132 valence electrons. The van der Waals surface area contributed by atoms with Crippen LogP contribution in [0.3, 0.4) is 0 Å². The third-order valence-corrected chi connectivity index (χ3v) is 4.89. The summed E-state index contributed by atoms with van der Waals surface area (Å²) in [5.74, 6) is 0.406. The molecular formula is C21H20FN3O. The van der Waals surface area contributed by atoms with E-state index >= 15 is 0 Å². The van der Waals surface area contributed by atoms with Crippen LogP contribution in [0.15, 0.2) is 54.9 Å². The molecule has 1 aliphatic rings. The number of ether oxygens (including phenoxy) is 1. The molecule has 0 radical (unpaired) electrons. The molecule has 3 heterocycles. The first kappa shape index (κ1) is 16.7. The molecule has 5 heteroatoms. The molecule has 0 unspecified atom stereocenters. The maximum atomic E-state index is 13.4. The van der Waals surface area contributed by atoms with Crippen molar-refractivity contribution in [2.75, 3.05) is 18.9 Å². The van der Waals surface area contributed by atoms with E-state index in [1.165, 1.54) is 17.8 Å². The van der Waals surface area contributed by atoms with E-state index in [-0.39, 0.29) is 0 Å². The van der Waals surface area contributed by atoms with E-state index in [0.717, 1.165) is 37.2 Å². The average Bonchev–Trinajstić information content (AvgIpc) is 2.69. The summed E-state index contributed by atoms with van der Waals surface area (Å²) in [4.78, 5) is 7.89. The van der Waals surface area contributed by atoms with Gasteiger partial charge in [-0.1, -0.05) is 24.3 Å². The number of hydrogen-bond acceptors (Lipinski definition) is 4. The zero-order valence-electron chi connectivity index (χ0n) is 14.4. The predicted octanol–water partition coefficient (Wildman–Crippen LogP) is 4.43. The highest BCUT2D eigenvalue weighted by Gasteiger charge is 2.16. The van der Waals surface area contributed by atoms with Gasteiger partial charge >= 0.3 is 0 Å². The molecular weight excluding hydrogens is 329 g/mol. The number of nitrogens with two attached hydrogens (primary N) is 1. The quantitative estimate of drug-likeness (QED) is 0.711. The smallest absolute Gasteiger partial charge is 0.213 e. The molecule has 26 heavy (non-hydrogen) atoms. The highest BCUT2D eigenvalue weighted by atomic mass is 19.1. The molecule has 3 aromatic rings. The normalized spacial score (nSPS) is 15.1. The van der Waals surface area contributed by atoms with Crippen molar-refractivity contribution >= 4 is 5.82 Å². The van der Waals surface area contributed by atoms with Crippen LogP contribution in [0, 0.1) is 5.95 Å². The molecule has 2 aromatic heterocycles. The number of halogens is 1. The fraction of sp³-hybridized carbons (Fsp3) is 0.238. The highest BCUT2D eigenvalue weighted by molar-refractivity contribution is 5.79. The van der Waals surface area contributed by atoms with E-state index in [1.807, 2.05) is 6.07 Å². The Labute approximate surface area is 151 Å². The van der Waals surface area contributed by atoms with Crippen molar-refractivity contribution in [3.05, 3.63) is 66.4 Å². The molecule has 1 fully saturated rings. The van der Waals surface area contributed by atoms with Crippen LogP contribution in [0.2, 0.25) is 0 Å². The van der Waals surface area contributed by atoms with Crippen molar-refractivity contribution < 1.29 is 9.13 Å². The van der Waals surface area contributed by atoms with Gasteiger partial charge in [-0.25, -0.2) is 9.97 Å². The molecule has 2 N–H and O–H groups in total. The van der Waals surface area contributed by atoms with E-state index < -0.39 is 5.95 Å². The van der Waals surface area contributed by atoms with Crippen LogP contribution < -0.4 is 5.73 Å². The third kappa shape index (κ3) is 3.44. The summed E-state index contributed by atoms with van der Waals surface area (Å²) < 4.78 is 18.9. The van der Waals surface area contributed by atoms with E-state index in [2.05, 4.69) is 34.2 Å². The van der Waals surface area contributed by atoms with Crippen molar-refractivity contribution in [2.45, 2.75) is 18.8 Å². The summed E-state index contributed by atoms with van der Waals surface area (Å²) >= 11 is 0. The second kappa shape index (κ2) is 7.22. The Morgan fingerprint density at radius 2 is 1.69 bits per heavy atom. The minimum absolute atomic E-state index is 0.373. The maximum absolute atomic E-state index is 13.4. The van der Waals surface area contributed by atoms with Gasteiger partial charge in [0, 0.05) is 42.8 Å². The van der Waals surface area contributed by atoms with Gasteiger partial charge in [0.15, 0.2) is 0 Å². The summed E-state index contributed by atoms with van der Waals surface area (Å²) in [5, 5.41) is 0. The van der Waals surface area contributed by atoms with Gasteiger partial charge in [-0.05, 0) is 47.6 Å². The second-order valence-electron chi connectivity index (χ2n) is 6.53. The van der Waals surface area contributed by atoms with E-state index in [9.17, 15) is 4.39 Å². The number of rotatable bonds is 3. The number of hydrogen-bond donors (Lipinski definition) is 1. The van der Waals surface area contributed by atoms with Crippen LogP contribution in [0.4, 0.5) is 10.2 Å². The maximum Gasteiger partial charge on any atom is 0.213 e. The van der Waals surface area contributed by atoms with Crippen LogP contribution in [-0.4, -0.2) is 23.2 Å². The van der Waals surface area contributed by atoms with E-state index in [0.29, 0.717) is 22.9 Å². The molecule has 1 saturated heterocycles. The Morgan fingerprint density at radius 1 is 0.923 bits per heavy atom. The Balaban J connectivity index is 1.64. The molecule has 0 saturated carbocycles. The van der Waals surface area contributed by atoms with Gasteiger partial charge in [-0.2, -0.15) is 4.39 Å². The molecule has 0 aliphatic carbocycles. The molecule has 1 aliphatic heterocycles. The summed E-state index contributed by atoms with van der Waals surface area (Å²) in [7, 11) is 0. The van der Waals surface area contributed by atoms with Gasteiger partial charge in [-0.15, -0.1) is 0 Å². The molecule has 0 spiro atoms. The first-order chi connectivity index (χ1) is 12.7. The lowest BCUT2D eigenvalue weighted by Crippen LogP contribution is -2.13. The van der Waals surface area contributed by atoms with Crippen molar-refractivity contribution in [1.29, 1.82) is 0 Å². The second-order valence-corrected chi connectivity index (χ2v) is 6.53. The lowest BCUT2D eigenvalue weighted by Gasteiger charge is -2.22. The van der Waals surface area contributed by atoms with Gasteiger partial charge < -0.3 is 10.5 Å². The Kier molecular flexibility index (Phi) is 4.63. The van der Waals surface area contributed by atoms with Gasteiger partial charge in [0.1, 0.15) is 5.82 Å². The van der Waals surface area contributed by atoms with Crippen LogP contribution >= 0.6 is 0 Å². The Hall–Kier alpha value is -2.79. The summed E-state index contributed by atoms with van der Waals surface area (Å²) in [6.45, 7) is 1.67. The topological polar surface area (TPSA) is 61.0 Å². The minimum Gasteiger partial charge on any atom is -0.383 e. The molecule has 0 amide bonds. The number of aromatic nitrogens is 2. The van der Waals surface area contributed by atoms with Crippen LogP contribution in [0.25, 0.3) is 22.3 Å². The van der Waals surface area contributed by atoms with E-state index in [4.69, 9.17) is 10.5 Å². The number of anilines is 1. The van der Waals surface area contributed by atoms with Crippen molar-refractivity contribution in [3.63, 3.8) is 0 Å². The molecule has 4 rings (SSSR count). The molecule has 1 aromatic carbocycles. The highest BCUT2D eigenvalue weighted by Crippen LogP contribution is 2.32. The summed E-state index contributed by atoms with van der Waals surface area (Å²) in [6, 6.07) is 13.6. The molecule has 4 nitrogen and oxygen atoms in total. The Morgan fingerprint density at radius 3 is 2.42 bits per heavy atom. The first-order valence-corrected chi connectivity index (χ1v) is 8.76. The molecule has 0 atom stereocenters. The third-order valence-electron chi connectivity index (χ3n) is 4.89. The largest absolute Gasteiger partial charge is 0.383 e. The zero-order chi connectivity index (χ0) is 17.9. The van der Waals surface area contributed by atoms with E-state index in [1.54, 1.807) is 12.3 Å². The SMILES string of the molecule is Nc1ncc(-c2ccc(C3CCOCC3)cc2)cc1-c1ccnc(F)c1. The number of nitrogens with zero attached hydrogens (tertiary/aromatic N) is 2. The van der Waals surface area contributed by atoms with Crippen LogP contribution in [0.1, 0.15) is 24.3 Å². The first-order valence-electron chi connectivity index (χ1n) is 8.76. The lowest BCUT2D eigenvalue weighted by atomic mass is 9.90. The van der Waals surface area contributed by atoms with Crippen LogP contribution in [0.5, 0.6) is 0 Å². The Bertz CT molecular complexity index is 905. The predicted molar refractivity (Wildman–Crippen MR) is 100 cm³/mol. The fourth-order valence-electron chi connectivity index (χ4n) is 3.41. The van der Waals surface area contributed by atoms with Crippen molar-refractivity contribution in [1.82, 2.24) is 9.97 Å². The average molecular weight is 349 g/mol. The number of benzene rings is 1. The van der Waals surface area contributed by atoms with Crippen LogP contribution in [-0.2, 0) is 4.74 Å². The fourth-order valence-corrected chi connectivity index (χ4v) is 3.41. The zero-order valence-corrected chi connectivity index (χ0v) is 14.4. The van der Waals surface area contributed by atoms with Crippen molar-refractivity contribution in [3.8, 4) is 22.3 Å². The van der Waals surface area contributed by atoms with Gasteiger partial charge in [0.25, 0.3) is 0 Å². The monoisotopic (exact) mass is 349 g/mol. The van der Waals surface area contributed by atoms with Crippen molar-refractivity contribution in [2.24, 2.45) is 0 Å². The summed E-state index contributed by atoms with van der Waals surface area (Å²) in [6.07, 6.45) is 5.32. The van der Waals surface area contributed by atoms with Gasteiger partial charge in [0.2, 0.25) is 5.95 Å². The number of pyridine rings is 2. The lowest BCUT2D eigenvalue weighted by molar-refractivity contribution is 0.0853. The van der Waals surface area contributed by atoms with Gasteiger partial charge in [0.05, 0.1) is 0 Å².